The maximum Gasteiger partial charge on any atom is 0.123 e. The Balaban J connectivity index is 2.54. The molecule has 2 nitrogen and oxygen atoms in total. The normalized spacial score (nSPS) is 14.8. The van der Waals surface area contributed by atoms with Crippen LogP contribution in [0.15, 0.2) is 18.2 Å². The highest BCUT2D eigenvalue weighted by molar-refractivity contribution is 7.84. The van der Waals surface area contributed by atoms with Gasteiger partial charge in [0.15, 0.2) is 0 Å². The zero-order valence-corrected chi connectivity index (χ0v) is 10.9. The summed E-state index contributed by atoms with van der Waals surface area (Å²) < 4.78 is 23.9. The lowest BCUT2D eigenvalue weighted by atomic mass is 10.2. The van der Waals surface area contributed by atoms with Gasteiger partial charge >= 0.3 is 0 Å². The summed E-state index contributed by atoms with van der Waals surface area (Å²) in [5, 5.41) is 3.69. The molecule has 0 aliphatic rings. The lowest BCUT2D eigenvalue weighted by Gasteiger charge is -2.13. The molecule has 0 aliphatic carbocycles. The van der Waals surface area contributed by atoms with E-state index in [4.69, 9.17) is 11.6 Å². The van der Waals surface area contributed by atoms with E-state index in [0.717, 1.165) is 5.56 Å². The summed E-state index contributed by atoms with van der Waals surface area (Å²) >= 11 is 5.92. The third-order valence-corrected chi connectivity index (χ3v) is 3.47. The molecule has 0 spiro atoms. The van der Waals surface area contributed by atoms with E-state index in [2.05, 4.69) is 5.32 Å². The van der Waals surface area contributed by atoms with Crippen molar-refractivity contribution in [1.29, 1.82) is 0 Å². The van der Waals surface area contributed by atoms with E-state index in [-0.39, 0.29) is 11.9 Å². The van der Waals surface area contributed by atoms with E-state index in [1.165, 1.54) is 18.2 Å². The second-order valence-corrected chi connectivity index (χ2v) is 5.64. The van der Waals surface area contributed by atoms with Gasteiger partial charge in [-0.2, -0.15) is 0 Å². The maximum absolute atomic E-state index is 12.9. The van der Waals surface area contributed by atoms with E-state index < -0.39 is 10.8 Å². The lowest BCUT2D eigenvalue weighted by Crippen LogP contribution is -2.30. The predicted octanol–water partition coefficient (Wildman–Crippen LogP) is 2.34. The van der Waals surface area contributed by atoms with E-state index in [9.17, 15) is 8.60 Å². The van der Waals surface area contributed by atoms with Crippen LogP contribution in [0.3, 0.4) is 0 Å². The molecule has 1 rings (SSSR count). The Labute approximate surface area is 103 Å². The Morgan fingerprint density at radius 3 is 2.88 bits per heavy atom. The van der Waals surface area contributed by atoms with Crippen molar-refractivity contribution in [3.63, 3.8) is 0 Å². The average molecular weight is 264 g/mol. The summed E-state index contributed by atoms with van der Waals surface area (Å²) in [5.41, 5.74) is 0.718. The first kappa shape index (κ1) is 13.6. The van der Waals surface area contributed by atoms with Gasteiger partial charge in [-0.05, 0) is 30.7 Å². The molecular formula is C11H15ClFNOS. The molecule has 2 unspecified atom stereocenters. The molecule has 2 atom stereocenters. The van der Waals surface area contributed by atoms with Crippen LogP contribution in [0, 0.1) is 5.82 Å². The molecule has 1 N–H and O–H groups in total. The van der Waals surface area contributed by atoms with Crippen molar-refractivity contribution in [2.24, 2.45) is 0 Å². The summed E-state index contributed by atoms with van der Waals surface area (Å²) in [5.74, 6) is 0.278. The summed E-state index contributed by atoms with van der Waals surface area (Å²) in [7, 11) is -0.833. The Hall–Kier alpha value is -0.450. The number of hydrogen-bond acceptors (Lipinski definition) is 2. The highest BCUT2D eigenvalue weighted by Crippen LogP contribution is 2.16. The maximum atomic E-state index is 12.9. The Kier molecular flexibility index (Phi) is 5.38. The van der Waals surface area contributed by atoms with Crippen molar-refractivity contribution < 1.29 is 8.60 Å². The van der Waals surface area contributed by atoms with Crippen molar-refractivity contribution in [1.82, 2.24) is 5.32 Å². The fraction of sp³-hybridized carbons (Fsp3) is 0.455. The van der Waals surface area contributed by atoms with Crippen LogP contribution >= 0.6 is 11.6 Å². The fourth-order valence-corrected chi connectivity index (χ4v) is 2.38. The van der Waals surface area contributed by atoms with Crippen molar-refractivity contribution in [2.75, 3.05) is 12.0 Å². The molecule has 0 amide bonds. The zero-order valence-electron chi connectivity index (χ0n) is 9.30. The van der Waals surface area contributed by atoms with Gasteiger partial charge in [0.1, 0.15) is 5.82 Å². The molecule has 0 bridgehead atoms. The van der Waals surface area contributed by atoms with Crippen LogP contribution < -0.4 is 5.32 Å². The van der Waals surface area contributed by atoms with Gasteiger partial charge in [-0.15, -0.1) is 0 Å². The minimum absolute atomic E-state index is 0.116. The molecule has 1 aromatic rings. The van der Waals surface area contributed by atoms with Crippen molar-refractivity contribution in [2.45, 2.75) is 19.5 Å². The van der Waals surface area contributed by atoms with Gasteiger partial charge in [0, 0.05) is 40.4 Å². The molecule has 90 valence electrons. The Bertz CT molecular complexity index is 386. The van der Waals surface area contributed by atoms with E-state index in [1.54, 1.807) is 6.26 Å². The molecule has 0 aliphatic heterocycles. The molecule has 16 heavy (non-hydrogen) atoms. The number of nitrogens with one attached hydrogen (secondary N) is 1. The van der Waals surface area contributed by atoms with Gasteiger partial charge in [0.2, 0.25) is 0 Å². The second-order valence-electron chi connectivity index (χ2n) is 3.76. The summed E-state index contributed by atoms with van der Waals surface area (Å²) in [6.45, 7) is 2.42. The number of halogens is 2. The number of benzene rings is 1. The highest BCUT2D eigenvalue weighted by Gasteiger charge is 2.06. The van der Waals surface area contributed by atoms with Crippen LogP contribution in [0.5, 0.6) is 0 Å². The SMILES string of the molecule is CC(CS(C)=O)NCc1cc(F)ccc1Cl. The van der Waals surface area contributed by atoms with E-state index >= 15 is 0 Å². The van der Waals surface area contributed by atoms with Gasteiger partial charge in [-0.1, -0.05) is 11.6 Å². The fourth-order valence-electron chi connectivity index (χ4n) is 1.37. The quantitative estimate of drug-likeness (QED) is 0.884. The Morgan fingerprint density at radius 1 is 1.56 bits per heavy atom. The third-order valence-electron chi connectivity index (χ3n) is 2.13. The molecular weight excluding hydrogens is 249 g/mol. The molecule has 0 radical (unpaired) electrons. The minimum atomic E-state index is -0.833. The molecule has 0 heterocycles. The van der Waals surface area contributed by atoms with Crippen molar-refractivity contribution >= 4 is 22.4 Å². The topological polar surface area (TPSA) is 29.1 Å². The third kappa shape index (κ3) is 4.60. The molecule has 0 saturated carbocycles. The predicted molar refractivity (Wildman–Crippen MR) is 66.6 cm³/mol. The zero-order chi connectivity index (χ0) is 12.1. The van der Waals surface area contributed by atoms with Crippen LogP contribution in [0.2, 0.25) is 5.02 Å². The van der Waals surface area contributed by atoms with Crippen molar-refractivity contribution in [3.8, 4) is 0 Å². The van der Waals surface area contributed by atoms with Crippen molar-refractivity contribution in [3.05, 3.63) is 34.6 Å². The second kappa shape index (κ2) is 6.33. The number of rotatable bonds is 5. The minimum Gasteiger partial charge on any atom is -0.309 e. The van der Waals surface area contributed by atoms with E-state index in [0.29, 0.717) is 17.3 Å². The van der Waals surface area contributed by atoms with Gasteiger partial charge < -0.3 is 5.32 Å². The molecule has 5 heteroatoms. The van der Waals surface area contributed by atoms with E-state index in [1.807, 2.05) is 6.92 Å². The molecule has 1 aromatic carbocycles. The van der Waals surface area contributed by atoms with Crippen LogP contribution in [-0.2, 0) is 17.3 Å². The Morgan fingerprint density at radius 2 is 2.25 bits per heavy atom. The van der Waals surface area contributed by atoms with Crippen LogP contribution in [0.25, 0.3) is 0 Å². The average Bonchev–Trinajstić information content (AvgIpc) is 2.18. The van der Waals surface area contributed by atoms with Gasteiger partial charge in [-0.25, -0.2) is 4.39 Å². The summed E-state index contributed by atoms with van der Waals surface area (Å²) in [4.78, 5) is 0. The van der Waals surface area contributed by atoms with Gasteiger partial charge in [-0.3, -0.25) is 4.21 Å². The smallest absolute Gasteiger partial charge is 0.123 e. The van der Waals surface area contributed by atoms with Gasteiger partial charge in [0.05, 0.1) is 0 Å². The van der Waals surface area contributed by atoms with Crippen LogP contribution in [0.1, 0.15) is 12.5 Å². The molecule has 0 aromatic heterocycles. The highest BCUT2D eigenvalue weighted by atomic mass is 35.5. The van der Waals surface area contributed by atoms with Gasteiger partial charge in [0.25, 0.3) is 0 Å². The molecule has 0 saturated heterocycles. The molecule has 0 fully saturated rings. The summed E-state index contributed by atoms with van der Waals surface area (Å²) in [6.07, 6.45) is 1.66. The summed E-state index contributed by atoms with van der Waals surface area (Å²) in [6, 6.07) is 4.39. The standard InChI is InChI=1S/C11H15ClFNOS/c1-8(7-16(2)15)14-6-9-5-10(13)3-4-11(9)12/h3-5,8,14H,6-7H2,1-2H3. The lowest BCUT2D eigenvalue weighted by molar-refractivity contribution is 0.580. The first-order chi connectivity index (χ1) is 7.49. The first-order valence-electron chi connectivity index (χ1n) is 4.96. The number of hydrogen-bond donors (Lipinski definition) is 1. The first-order valence-corrected chi connectivity index (χ1v) is 7.07. The van der Waals surface area contributed by atoms with Crippen LogP contribution in [-0.4, -0.2) is 22.3 Å². The van der Waals surface area contributed by atoms with Crippen LogP contribution in [0.4, 0.5) is 4.39 Å². The monoisotopic (exact) mass is 263 g/mol. The largest absolute Gasteiger partial charge is 0.309 e.